The fraction of sp³-hybridized carbons (Fsp3) is 0.455. The molecule has 2 heterocycles. The van der Waals surface area contributed by atoms with Crippen LogP contribution >= 0.6 is 11.3 Å². The summed E-state index contributed by atoms with van der Waals surface area (Å²) in [7, 11) is 3.39. The maximum atomic E-state index is 13.5. The van der Waals surface area contributed by atoms with Crippen LogP contribution in [0.25, 0.3) is 0 Å². The van der Waals surface area contributed by atoms with Crippen LogP contribution in [0.1, 0.15) is 42.3 Å². The number of hydrogen-bond donors (Lipinski definition) is 0. The lowest BCUT2D eigenvalue weighted by Gasteiger charge is -2.39. The molecule has 2 aromatic rings. The highest BCUT2D eigenvalue weighted by atomic mass is 32.1. The number of carbonyl (C=O) groups excluding carboxylic acids is 2. The topological polar surface area (TPSA) is 43.9 Å². The molecule has 2 atom stereocenters. The average Bonchev–Trinajstić information content (AvgIpc) is 3.19. The lowest BCUT2D eigenvalue weighted by atomic mass is 9.93. The van der Waals surface area contributed by atoms with Crippen LogP contribution in [0.4, 0.5) is 9.18 Å². The van der Waals surface area contributed by atoms with Gasteiger partial charge >= 0.3 is 6.03 Å². The summed E-state index contributed by atoms with van der Waals surface area (Å²) in [5, 5.41) is 2.04. The molecule has 0 radical (unpaired) electrons. The predicted octanol–water partition coefficient (Wildman–Crippen LogP) is 4.14. The Kier molecular flexibility index (Phi) is 6.57. The van der Waals surface area contributed by atoms with E-state index in [2.05, 4.69) is 0 Å². The molecule has 0 saturated heterocycles. The summed E-state index contributed by atoms with van der Waals surface area (Å²) in [6, 6.07) is 7.92. The van der Waals surface area contributed by atoms with Crippen molar-refractivity contribution in [3.63, 3.8) is 0 Å². The summed E-state index contributed by atoms with van der Waals surface area (Å²) in [6.07, 6.45) is 1.56. The lowest BCUT2D eigenvalue weighted by molar-refractivity contribution is -0.134. The highest BCUT2D eigenvalue weighted by Crippen LogP contribution is 2.38. The largest absolute Gasteiger partial charge is 0.331 e. The van der Waals surface area contributed by atoms with Gasteiger partial charge in [-0.1, -0.05) is 19.1 Å². The number of urea groups is 1. The number of halogens is 1. The molecule has 3 amide bonds. The van der Waals surface area contributed by atoms with Crippen molar-refractivity contribution in [1.29, 1.82) is 0 Å². The molecule has 0 saturated carbocycles. The minimum atomic E-state index is -0.299. The molecule has 1 aromatic carbocycles. The number of amides is 3. The minimum absolute atomic E-state index is 0.0309. The van der Waals surface area contributed by atoms with Crippen LogP contribution in [-0.2, 0) is 11.2 Å². The first-order valence-corrected chi connectivity index (χ1v) is 10.8. The van der Waals surface area contributed by atoms with Gasteiger partial charge in [-0.2, -0.15) is 0 Å². The van der Waals surface area contributed by atoms with Crippen LogP contribution < -0.4 is 0 Å². The molecule has 29 heavy (non-hydrogen) atoms. The fourth-order valence-corrected chi connectivity index (χ4v) is 4.62. The van der Waals surface area contributed by atoms with E-state index in [1.807, 2.05) is 30.2 Å². The van der Waals surface area contributed by atoms with Crippen LogP contribution in [-0.4, -0.2) is 59.9 Å². The van der Waals surface area contributed by atoms with Crippen LogP contribution in [0.2, 0.25) is 0 Å². The maximum Gasteiger partial charge on any atom is 0.320 e. The standard InChI is InChI=1S/C22H28FN3O2S/c1-5-15(2)26(22(28)24(3)4)14-20(27)25-12-10-19-18(11-13-29-19)21(25)16-6-8-17(23)9-7-16/h6-9,11,13,15,21H,5,10,12,14H2,1-4H3. The first-order chi connectivity index (χ1) is 13.8. The lowest BCUT2D eigenvalue weighted by Crippen LogP contribution is -2.51. The van der Waals surface area contributed by atoms with Gasteiger partial charge in [0.05, 0.1) is 6.04 Å². The first-order valence-electron chi connectivity index (χ1n) is 9.92. The van der Waals surface area contributed by atoms with Gasteiger partial charge in [0, 0.05) is 31.6 Å². The van der Waals surface area contributed by atoms with Crippen LogP contribution in [0.3, 0.4) is 0 Å². The molecule has 0 aliphatic carbocycles. The van der Waals surface area contributed by atoms with E-state index in [1.54, 1.807) is 42.5 Å². The van der Waals surface area contributed by atoms with E-state index in [1.165, 1.54) is 21.9 Å². The summed E-state index contributed by atoms with van der Waals surface area (Å²) < 4.78 is 13.5. The van der Waals surface area contributed by atoms with Gasteiger partial charge in [-0.05, 0) is 54.5 Å². The summed E-state index contributed by atoms with van der Waals surface area (Å²) in [5.74, 6) is -0.390. The molecule has 0 fully saturated rings. The third kappa shape index (κ3) is 4.45. The highest BCUT2D eigenvalue weighted by Gasteiger charge is 2.34. The second-order valence-electron chi connectivity index (χ2n) is 7.65. The third-order valence-corrected chi connectivity index (χ3v) is 6.53. The summed E-state index contributed by atoms with van der Waals surface area (Å²) >= 11 is 1.69. The minimum Gasteiger partial charge on any atom is -0.331 e. The molecule has 0 bridgehead atoms. The van der Waals surface area contributed by atoms with Crippen molar-refractivity contribution in [3.05, 3.63) is 57.5 Å². The molecule has 7 heteroatoms. The van der Waals surface area contributed by atoms with Crippen LogP contribution in [0.15, 0.2) is 35.7 Å². The van der Waals surface area contributed by atoms with Crippen molar-refractivity contribution in [3.8, 4) is 0 Å². The smallest absolute Gasteiger partial charge is 0.320 e. The fourth-order valence-electron chi connectivity index (χ4n) is 3.72. The molecule has 156 valence electrons. The zero-order chi connectivity index (χ0) is 21.1. The van der Waals surface area contributed by atoms with Gasteiger partial charge < -0.3 is 14.7 Å². The predicted molar refractivity (Wildman–Crippen MR) is 114 cm³/mol. The molecule has 5 nitrogen and oxygen atoms in total. The van der Waals surface area contributed by atoms with Crippen molar-refractivity contribution in [2.75, 3.05) is 27.2 Å². The maximum absolute atomic E-state index is 13.5. The summed E-state index contributed by atoms with van der Waals surface area (Å²) in [4.78, 5) is 32.3. The molecule has 1 aliphatic rings. The van der Waals surface area contributed by atoms with Gasteiger partial charge in [0.2, 0.25) is 5.91 Å². The van der Waals surface area contributed by atoms with Crippen molar-refractivity contribution in [2.45, 2.75) is 38.8 Å². The van der Waals surface area contributed by atoms with E-state index in [4.69, 9.17) is 0 Å². The zero-order valence-electron chi connectivity index (χ0n) is 17.4. The number of nitrogens with zero attached hydrogens (tertiary/aromatic N) is 3. The van der Waals surface area contributed by atoms with Gasteiger partial charge in [-0.3, -0.25) is 4.79 Å². The normalized spacial score (nSPS) is 16.9. The third-order valence-electron chi connectivity index (χ3n) is 5.53. The van der Waals surface area contributed by atoms with E-state index in [9.17, 15) is 14.0 Å². The van der Waals surface area contributed by atoms with E-state index in [0.717, 1.165) is 24.0 Å². The number of thiophene rings is 1. The molecule has 2 unspecified atom stereocenters. The van der Waals surface area contributed by atoms with Gasteiger partial charge in [-0.25, -0.2) is 9.18 Å². The Bertz CT molecular complexity index is 865. The number of rotatable bonds is 5. The Balaban J connectivity index is 1.91. The summed E-state index contributed by atoms with van der Waals surface area (Å²) in [6.45, 7) is 4.58. The Labute approximate surface area is 175 Å². The SMILES string of the molecule is CCC(C)N(CC(=O)N1CCc2sccc2C1c1ccc(F)cc1)C(=O)N(C)C. The van der Waals surface area contributed by atoms with Crippen molar-refractivity contribution in [2.24, 2.45) is 0 Å². The van der Waals surface area contributed by atoms with Crippen molar-refractivity contribution < 1.29 is 14.0 Å². The molecule has 1 aliphatic heterocycles. The first kappa shape index (κ1) is 21.3. The van der Waals surface area contributed by atoms with Crippen LogP contribution in [0.5, 0.6) is 0 Å². The summed E-state index contributed by atoms with van der Waals surface area (Å²) in [5.41, 5.74) is 1.98. The van der Waals surface area contributed by atoms with E-state index < -0.39 is 0 Å². The Morgan fingerprint density at radius 2 is 1.93 bits per heavy atom. The van der Waals surface area contributed by atoms with E-state index in [0.29, 0.717) is 6.54 Å². The monoisotopic (exact) mass is 417 g/mol. The van der Waals surface area contributed by atoms with Crippen LogP contribution in [0, 0.1) is 5.82 Å². The number of hydrogen-bond acceptors (Lipinski definition) is 3. The number of benzene rings is 1. The number of carbonyl (C=O) groups is 2. The Morgan fingerprint density at radius 3 is 2.55 bits per heavy atom. The van der Waals surface area contributed by atoms with Gasteiger partial charge in [0.25, 0.3) is 0 Å². The Morgan fingerprint density at radius 1 is 1.24 bits per heavy atom. The van der Waals surface area contributed by atoms with Crippen molar-refractivity contribution in [1.82, 2.24) is 14.7 Å². The zero-order valence-corrected chi connectivity index (χ0v) is 18.2. The number of fused-ring (bicyclic) bond motifs is 1. The molecule has 3 rings (SSSR count). The second-order valence-corrected chi connectivity index (χ2v) is 8.65. The Hall–Kier alpha value is -2.41. The molecule has 1 aromatic heterocycles. The average molecular weight is 418 g/mol. The molecular weight excluding hydrogens is 389 g/mol. The second kappa shape index (κ2) is 8.95. The van der Waals surface area contributed by atoms with E-state index in [-0.39, 0.29) is 36.4 Å². The van der Waals surface area contributed by atoms with Gasteiger partial charge in [0.1, 0.15) is 12.4 Å². The molecule has 0 spiro atoms. The molecule has 0 N–H and O–H groups in total. The molecular formula is C22H28FN3O2S. The van der Waals surface area contributed by atoms with Crippen molar-refractivity contribution >= 4 is 23.3 Å². The van der Waals surface area contributed by atoms with E-state index >= 15 is 0 Å². The quantitative estimate of drug-likeness (QED) is 0.734. The van der Waals surface area contributed by atoms with Gasteiger partial charge in [0.15, 0.2) is 0 Å². The van der Waals surface area contributed by atoms with Gasteiger partial charge in [-0.15, -0.1) is 11.3 Å². The highest BCUT2D eigenvalue weighted by molar-refractivity contribution is 7.10.